The third kappa shape index (κ3) is 6.17. The smallest absolute Gasteiger partial charge is 0.159 e. The van der Waals surface area contributed by atoms with E-state index in [1.807, 2.05) is 31.3 Å². The SMILES string of the molecule is CN(c1ccc(C2(N)CCC2)cc1)c1nc(-c2cccc(N3CCC(N4CCCS4=O)CC3)c2)ccc1N=Cc1cccnc1N. The molecule has 0 bridgehead atoms. The number of rotatable bonds is 8. The number of hydrogen-bond acceptors (Lipinski definition) is 8. The summed E-state index contributed by atoms with van der Waals surface area (Å²) in [5.74, 6) is 1.98. The van der Waals surface area contributed by atoms with Crippen molar-refractivity contribution in [3.63, 3.8) is 0 Å². The van der Waals surface area contributed by atoms with Gasteiger partial charge in [-0.15, -0.1) is 0 Å². The van der Waals surface area contributed by atoms with Crippen molar-refractivity contribution in [2.75, 3.05) is 48.0 Å². The zero-order valence-corrected chi connectivity index (χ0v) is 27.2. The van der Waals surface area contributed by atoms with Gasteiger partial charge in [0.2, 0.25) is 0 Å². The molecule has 1 saturated carbocycles. The van der Waals surface area contributed by atoms with Crippen LogP contribution < -0.4 is 21.3 Å². The molecule has 10 heteroatoms. The van der Waals surface area contributed by atoms with Crippen molar-refractivity contribution in [2.45, 2.75) is 50.1 Å². The van der Waals surface area contributed by atoms with Crippen LogP contribution in [0.4, 0.5) is 28.7 Å². The number of nitrogens with two attached hydrogens (primary N) is 2. The van der Waals surface area contributed by atoms with Gasteiger partial charge in [0.1, 0.15) is 11.5 Å². The fraction of sp³-hybridized carbons (Fsp3) is 0.361. The van der Waals surface area contributed by atoms with E-state index in [9.17, 15) is 4.21 Å². The second-order valence-corrected chi connectivity index (χ2v) is 14.2. The maximum atomic E-state index is 12.4. The third-order valence-electron chi connectivity index (χ3n) is 9.80. The minimum atomic E-state index is -0.804. The summed E-state index contributed by atoms with van der Waals surface area (Å²) in [6.07, 6.45) is 9.75. The largest absolute Gasteiger partial charge is 0.383 e. The number of aliphatic imine (C=N–C) groups is 1. The summed E-state index contributed by atoms with van der Waals surface area (Å²) < 4.78 is 14.6. The van der Waals surface area contributed by atoms with Gasteiger partial charge in [-0.1, -0.05) is 24.3 Å². The quantitative estimate of drug-likeness (QED) is 0.231. The molecule has 4 heterocycles. The third-order valence-corrected chi connectivity index (χ3v) is 11.4. The molecule has 1 unspecified atom stereocenters. The molecule has 2 aromatic carbocycles. The fourth-order valence-corrected chi connectivity index (χ4v) is 8.29. The standard InChI is InChI=1S/C36H42N8OS/c1-42(29-11-9-28(10-12-29)36(38)17-4-18-36)35-33(40-25-27-7-3-19-39-34(27)37)14-13-32(41-35)26-6-2-8-31(24-26)43-21-15-30(16-22-43)44-20-5-23-46(44)45/h2-3,6-14,19,24-25,30H,4-5,15-18,20-23,38H2,1H3,(H2,37,39). The van der Waals surface area contributed by atoms with E-state index in [-0.39, 0.29) is 5.54 Å². The van der Waals surface area contributed by atoms with E-state index in [4.69, 9.17) is 21.4 Å². The molecule has 2 aliphatic heterocycles. The van der Waals surface area contributed by atoms with Crippen molar-refractivity contribution in [1.82, 2.24) is 14.3 Å². The van der Waals surface area contributed by atoms with E-state index in [0.717, 1.165) is 91.5 Å². The number of hydrogen-bond donors (Lipinski definition) is 2. The van der Waals surface area contributed by atoms with Gasteiger partial charge in [-0.05, 0) is 92.6 Å². The summed E-state index contributed by atoms with van der Waals surface area (Å²) in [4.78, 5) is 18.7. The lowest BCUT2D eigenvalue weighted by Crippen LogP contribution is -2.44. The van der Waals surface area contributed by atoms with E-state index in [1.54, 1.807) is 12.4 Å². The Morgan fingerprint density at radius 2 is 1.80 bits per heavy atom. The van der Waals surface area contributed by atoms with Crippen LogP contribution in [0.2, 0.25) is 0 Å². The van der Waals surface area contributed by atoms with Crippen LogP contribution in [-0.4, -0.2) is 63.2 Å². The van der Waals surface area contributed by atoms with Crippen LogP contribution in [-0.2, 0) is 16.5 Å². The zero-order chi connectivity index (χ0) is 31.7. The van der Waals surface area contributed by atoms with E-state index in [1.165, 1.54) is 17.7 Å². The molecule has 46 heavy (non-hydrogen) atoms. The van der Waals surface area contributed by atoms with Crippen molar-refractivity contribution >= 4 is 45.9 Å². The maximum absolute atomic E-state index is 12.4. The van der Waals surface area contributed by atoms with Crippen LogP contribution in [0.25, 0.3) is 11.3 Å². The number of pyridine rings is 2. The van der Waals surface area contributed by atoms with Crippen LogP contribution in [0.15, 0.2) is 84.0 Å². The molecule has 1 atom stereocenters. The Balaban J connectivity index is 1.17. The van der Waals surface area contributed by atoms with Crippen LogP contribution in [0.3, 0.4) is 0 Å². The molecule has 3 fully saturated rings. The van der Waals surface area contributed by atoms with E-state index in [2.05, 4.69) is 67.6 Å². The number of benzene rings is 2. The van der Waals surface area contributed by atoms with E-state index >= 15 is 0 Å². The van der Waals surface area contributed by atoms with Crippen LogP contribution in [0.5, 0.6) is 0 Å². The summed E-state index contributed by atoms with van der Waals surface area (Å²) in [7, 11) is 1.22. The van der Waals surface area contributed by atoms with Crippen molar-refractivity contribution < 1.29 is 4.21 Å². The zero-order valence-electron chi connectivity index (χ0n) is 26.4. The van der Waals surface area contributed by atoms with Crippen molar-refractivity contribution in [3.8, 4) is 11.3 Å². The summed E-state index contributed by atoms with van der Waals surface area (Å²) >= 11 is 0. The van der Waals surface area contributed by atoms with Crippen molar-refractivity contribution in [1.29, 1.82) is 0 Å². The summed E-state index contributed by atoms with van der Waals surface area (Å²) in [5.41, 5.74) is 19.3. The molecule has 0 spiro atoms. The number of piperidine rings is 1. The van der Waals surface area contributed by atoms with Crippen LogP contribution >= 0.6 is 0 Å². The number of nitrogen functional groups attached to an aromatic ring is 1. The summed E-state index contributed by atoms with van der Waals surface area (Å²) in [6.45, 7) is 2.87. The lowest BCUT2D eigenvalue weighted by molar-refractivity contribution is 0.253. The number of aromatic nitrogens is 2. The normalized spacial score (nSPS) is 20.2. The molecular weight excluding hydrogens is 593 g/mol. The van der Waals surface area contributed by atoms with E-state index in [0.29, 0.717) is 11.9 Å². The lowest BCUT2D eigenvalue weighted by atomic mass is 9.73. The monoisotopic (exact) mass is 634 g/mol. The van der Waals surface area contributed by atoms with Crippen LogP contribution in [0.1, 0.15) is 49.7 Å². The first-order valence-electron chi connectivity index (χ1n) is 16.3. The molecular formula is C36H42N8OS. The second-order valence-electron chi connectivity index (χ2n) is 12.7. The molecule has 4 aromatic rings. The molecule has 4 N–H and O–H groups in total. The van der Waals surface area contributed by atoms with Gasteiger partial charge in [0.15, 0.2) is 5.82 Å². The van der Waals surface area contributed by atoms with Gasteiger partial charge >= 0.3 is 0 Å². The Bertz CT molecular complexity index is 1750. The highest BCUT2D eigenvalue weighted by Gasteiger charge is 2.34. The Morgan fingerprint density at radius 1 is 1.00 bits per heavy atom. The average Bonchev–Trinajstić information content (AvgIpc) is 3.52. The first kappa shape index (κ1) is 30.5. The Labute approximate surface area is 273 Å². The maximum Gasteiger partial charge on any atom is 0.159 e. The minimum absolute atomic E-state index is 0.207. The first-order valence-corrected chi connectivity index (χ1v) is 17.5. The topological polar surface area (TPSA) is 117 Å². The van der Waals surface area contributed by atoms with Crippen molar-refractivity contribution in [3.05, 3.63) is 90.1 Å². The predicted octanol–water partition coefficient (Wildman–Crippen LogP) is 5.92. The molecule has 0 amide bonds. The van der Waals surface area contributed by atoms with Gasteiger partial charge in [0.25, 0.3) is 0 Å². The molecule has 1 aliphatic carbocycles. The Kier molecular flexibility index (Phi) is 8.59. The number of nitrogens with zero attached hydrogens (tertiary/aromatic N) is 6. The van der Waals surface area contributed by atoms with Gasteiger partial charge in [-0.25, -0.2) is 18.5 Å². The first-order chi connectivity index (χ1) is 22.4. The minimum Gasteiger partial charge on any atom is -0.383 e. The van der Waals surface area contributed by atoms with Crippen molar-refractivity contribution in [2.24, 2.45) is 10.7 Å². The van der Waals surface area contributed by atoms with Gasteiger partial charge in [-0.2, -0.15) is 0 Å². The van der Waals surface area contributed by atoms with Gasteiger partial charge in [-0.3, -0.25) is 4.99 Å². The lowest BCUT2D eigenvalue weighted by Gasteiger charge is -2.38. The van der Waals surface area contributed by atoms with E-state index < -0.39 is 11.0 Å². The molecule has 3 aliphatic rings. The Morgan fingerprint density at radius 3 is 2.50 bits per heavy atom. The summed E-state index contributed by atoms with van der Waals surface area (Å²) in [6, 6.07) is 25.4. The molecule has 0 radical (unpaired) electrons. The highest BCUT2D eigenvalue weighted by atomic mass is 32.2. The molecule has 238 valence electrons. The van der Waals surface area contributed by atoms with Gasteiger partial charge in [0.05, 0.1) is 16.7 Å². The molecule has 2 saturated heterocycles. The number of anilines is 4. The summed E-state index contributed by atoms with van der Waals surface area (Å²) in [5, 5.41) is 0. The average molecular weight is 635 g/mol. The van der Waals surface area contributed by atoms with Gasteiger partial charge in [0, 0.05) is 78.9 Å². The second kappa shape index (κ2) is 12.9. The predicted molar refractivity (Wildman–Crippen MR) is 189 cm³/mol. The Hall–Kier alpha value is -4.12. The van der Waals surface area contributed by atoms with Gasteiger partial charge < -0.3 is 21.3 Å². The molecule has 9 nitrogen and oxygen atoms in total. The fourth-order valence-electron chi connectivity index (χ4n) is 6.80. The molecule has 2 aromatic heterocycles. The molecule has 7 rings (SSSR count). The highest BCUT2D eigenvalue weighted by molar-refractivity contribution is 7.82. The van der Waals surface area contributed by atoms with Crippen LogP contribution in [0, 0.1) is 0 Å². The highest BCUT2D eigenvalue weighted by Crippen LogP contribution is 2.40.